The van der Waals surface area contributed by atoms with Crippen LogP contribution in [0.5, 0.6) is 5.75 Å². The van der Waals surface area contributed by atoms with Crippen molar-refractivity contribution in [2.24, 2.45) is 0 Å². The molecule has 0 spiro atoms. The normalized spacial score (nSPS) is 19.9. The van der Waals surface area contributed by atoms with E-state index in [1.807, 2.05) is 31.1 Å². The number of rotatable bonds is 8. The van der Waals surface area contributed by atoms with Crippen molar-refractivity contribution < 1.29 is 14.3 Å². The van der Waals surface area contributed by atoms with E-state index in [0.29, 0.717) is 19.7 Å². The summed E-state index contributed by atoms with van der Waals surface area (Å²) < 4.78 is 11.8. The maximum absolute atomic E-state index is 12.6. The summed E-state index contributed by atoms with van der Waals surface area (Å²) in [5.74, 6) is 1.02. The van der Waals surface area contributed by atoms with Crippen molar-refractivity contribution in [1.29, 1.82) is 0 Å². The highest BCUT2D eigenvalue weighted by atomic mass is 16.5. The first-order valence-corrected chi connectivity index (χ1v) is 11.4. The van der Waals surface area contributed by atoms with Crippen molar-refractivity contribution >= 4 is 11.6 Å². The Bertz CT molecular complexity index is 907. The van der Waals surface area contributed by atoms with E-state index in [0.717, 1.165) is 36.3 Å². The lowest BCUT2D eigenvalue weighted by Crippen LogP contribution is -2.46. The van der Waals surface area contributed by atoms with Gasteiger partial charge in [-0.1, -0.05) is 30.3 Å². The van der Waals surface area contributed by atoms with Crippen molar-refractivity contribution in [3.63, 3.8) is 0 Å². The number of hydrogen-bond donors (Lipinski definition) is 0. The van der Waals surface area contributed by atoms with Crippen LogP contribution in [0.3, 0.4) is 0 Å². The Morgan fingerprint density at radius 1 is 1.09 bits per heavy atom. The molecule has 1 atom stereocenters. The molecule has 174 valence electrons. The van der Waals surface area contributed by atoms with Gasteiger partial charge in [0.15, 0.2) is 0 Å². The second-order valence-electron chi connectivity index (χ2n) is 9.77. The summed E-state index contributed by atoms with van der Waals surface area (Å²) >= 11 is 0. The lowest BCUT2D eigenvalue weighted by molar-refractivity contribution is -0.130. The third kappa shape index (κ3) is 5.63. The number of hydrogen-bond acceptors (Lipinski definition) is 4. The summed E-state index contributed by atoms with van der Waals surface area (Å²) in [5.41, 5.74) is 3.20. The molecule has 1 fully saturated rings. The van der Waals surface area contributed by atoms with E-state index >= 15 is 0 Å². The number of anilines is 1. The van der Waals surface area contributed by atoms with E-state index in [1.165, 1.54) is 5.56 Å². The quantitative estimate of drug-likeness (QED) is 0.580. The first-order chi connectivity index (χ1) is 15.2. The first kappa shape index (κ1) is 24.1. The van der Waals surface area contributed by atoms with Gasteiger partial charge in [0.1, 0.15) is 5.75 Å². The second kappa shape index (κ2) is 9.95. The van der Waals surface area contributed by atoms with E-state index in [-0.39, 0.29) is 16.9 Å². The van der Waals surface area contributed by atoms with Gasteiger partial charge in [-0.05, 0) is 56.9 Å². The van der Waals surface area contributed by atoms with Gasteiger partial charge in [-0.2, -0.15) is 0 Å². The maximum atomic E-state index is 12.6. The lowest BCUT2D eigenvalue weighted by atomic mass is 9.67. The smallest absolute Gasteiger partial charge is 0.219 e. The zero-order valence-electron chi connectivity index (χ0n) is 20.5. The Morgan fingerprint density at radius 2 is 1.78 bits per heavy atom. The Balaban J connectivity index is 1.84. The van der Waals surface area contributed by atoms with Crippen LogP contribution in [0.1, 0.15) is 51.2 Å². The largest absolute Gasteiger partial charge is 0.496 e. The average molecular weight is 439 g/mol. The summed E-state index contributed by atoms with van der Waals surface area (Å²) in [5, 5.41) is 0. The van der Waals surface area contributed by atoms with Gasteiger partial charge < -0.3 is 19.3 Å². The van der Waals surface area contributed by atoms with Gasteiger partial charge in [0.25, 0.3) is 0 Å². The highest BCUT2D eigenvalue weighted by Crippen LogP contribution is 2.47. The molecule has 0 N–H and O–H groups in total. The van der Waals surface area contributed by atoms with E-state index in [9.17, 15) is 4.79 Å². The zero-order valence-corrected chi connectivity index (χ0v) is 20.5. The minimum absolute atomic E-state index is 0.100. The fourth-order valence-electron chi connectivity index (χ4n) is 4.95. The number of carbonyl (C=O) groups excluding carboxylic acids is 1. The van der Waals surface area contributed by atoms with Gasteiger partial charge in [-0.25, -0.2) is 0 Å². The molecular weight excluding hydrogens is 400 g/mol. The molecule has 0 bridgehead atoms. The van der Waals surface area contributed by atoms with E-state index in [4.69, 9.17) is 9.47 Å². The number of nitrogens with zero attached hydrogens (tertiary/aromatic N) is 2. The monoisotopic (exact) mass is 438 g/mol. The summed E-state index contributed by atoms with van der Waals surface area (Å²) in [6, 6.07) is 16.7. The Morgan fingerprint density at radius 3 is 2.38 bits per heavy atom. The van der Waals surface area contributed by atoms with Crippen molar-refractivity contribution in [2.45, 2.75) is 57.6 Å². The minimum Gasteiger partial charge on any atom is -0.496 e. The molecule has 3 rings (SSSR count). The van der Waals surface area contributed by atoms with Crippen LogP contribution < -0.4 is 9.64 Å². The Hall–Kier alpha value is -2.53. The van der Waals surface area contributed by atoms with Gasteiger partial charge in [0.2, 0.25) is 5.91 Å². The number of amides is 1. The molecule has 32 heavy (non-hydrogen) atoms. The molecule has 0 saturated carbocycles. The maximum Gasteiger partial charge on any atom is 0.219 e. The summed E-state index contributed by atoms with van der Waals surface area (Å²) in [6.45, 7) is 8.00. The highest BCUT2D eigenvalue weighted by molar-refractivity contribution is 5.73. The van der Waals surface area contributed by atoms with Crippen LogP contribution in [0.4, 0.5) is 5.69 Å². The summed E-state index contributed by atoms with van der Waals surface area (Å²) in [6.07, 6.45) is 2.68. The van der Waals surface area contributed by atoms with Gasteiger partial charge in [0, 0.05) is 57.4 Å². The Labute approximate surface area is 193 Å². The van der Waals surface area contributed by atoms with Crippen LogP contribution in [-0.2, 0) is 21.5 Å². The molecule has 1 aliphatic rings. The number of carbonyl (C=O) groups is 1. The predicted octanol–water partition coefficient (Wildman–Crippen LogP) is 5.03. The van der Waals surface area contributed by atoms with Gasteiger partial charge in [0.05, 0.1) is 12.7 Å². The molecule has 2 aromatic carbocycles. The number of methoxy groups -OCH3 is 1. The molecule has 0 radical (unpaired) electrons. The average Bonchev–Trinajstić information content (AvgIpc) is 2.76. The molecule has 1 heterocycles. The Kier molecular flexibility index (Phi) is 7.50. The lowest BCUT2D eigenvalue weighted by Gasteiger charge is -2.46. The van der Waals surface area contributed by atoms with Crippen LogP contribution in [0.25, 0.3) is 0 Å². The molecule has 0 aliphatic carbocycles. The molecule has 5 nitrogen and oxygen atoms in total. The van der Waals surface area contributed by atoms with Crippen LogP contribution in [0, 0.1) is 0 Å². The van der Waals surface area contributed by atoms with Crippen LogP contribution in [-0.4, -0.2) is 50.8 Å². The fraction of sp³-hybridized carbons (Fsp3) is 0.519. The van der Waals surface area contributed by atoms with Crippen molar-refractivity contribution in [3.8, 4) is 5.75 Å². The van der Waals surface area contributed by atoms with Gasteiger partial charge in [-0.15, -0.1) is 0 Å². The molecular formula is C27H38N2O3. The standard InChI is InChI=1S/C27H38N2O3/c1-21(30)29(19-22-11-13-23(14-12-22)28(4)5)17-15-27(16-18-32-26(2,3)20-27)24-9-7-8-10-25(24)31-6/h7-14H,15-20H2,1-6H3/t27-/m0/s1. The van der Waals surface area contributed by atoms with E-state index in [1.54, 1.807) is 14.0 Å². The van der Waals surface area contributed by atoms with Crippen LogP contribution in [0.2, 0.25) is 0 Å². The van der Waals surface area contributed by atoms with Crippen molar-refractivity contribution in [1.82, 2.24) is 4.90 Å². The first-order valence-electron chi connectivity index (χ1n) is 11.4. The van der Waals surface area contributed by atoms with Crippen LogP contribution in [0.15, 0.2) is 48.5 Å². The number of benzene rings is 2. The molecule has 1 aliphatic heterocycles. The summed E-state index contributed by atoms with van der Waals surface area (Å²) in [7, 11) is 5.80. The highest BCUT2D eigenvalue weighted by Gasteiger charge is 2.43. The second-order valence-corrected chi connectivity index (χ2v) is 9.77. The SMILES string of the molecule is COc1ccccc1[C@@]1(CCN(Cc2ccc(N(C)C)cc2)C(C)=O)CCOC(C)(C)C1. The molecule has 1 saturated heterocycles. The number of ether oxygens (including phenoxy) is 2. The third-order valence-electron chi connectivity index (χ3n) is 6.65. The van der Waals surface area contributed by atoms with Crippen molar-refractivity contribution in [3.05, 3.63) is 59.7 Å². The third-order valence-corrected chi connectivity index (χ3v) is 6.65. The van der Waals surface area contributed by atoms with Crippen molar-refractivity contribution in [2.75, 3.05) is 39.3 Å². The van der Waals surface area contributed by atoms with E-state index in [2.05, 4.69) is 55.1 Å². The molecule has 1 amide bonds. The molecule has 0 aromatic heterocycles. The molecule has 2 aromatic rings. The summed E-state index contributed by atoms with van der Waals surface area (Å²) in [4.78, 5) is 16.6. The minimum atomic E-state index is -0.220. The van der Waals surface area contributed by atoms with Gasteiger partial charge in [-0.3, -0.25) is 4.79 Å². The molecule has 0 unspecified atom stereocenters. The molecule has 5 heteroatoms. The topological polar surface area (TPSA) is 42.0 Å². The zero-order chi connectivity index (χ0) is 23.4. The predicted molar refractivity (Wildman–Crippen MR) is 130 cm³/mol. The fourth-order valence-corrected chi connectivity index (χ4v) is 4.95. The van der Waals surface area contributed by atoms with E-state index < -0.39 is 0 Å². The van der Waals surface area contributed by atoms with Gasteiger partial charge >= 0.3 is 0 Å². The number of para-hydroxylation sites is 1. The van der Waals surface area contributed by atoms with Crippen LogP contribution >= 0.6 is 0 Å².